The monoisotopic (exact) mass is 397 g/mol. The lowest BCUT2D eigenvalue weighted by Crippen LogP contribution is -2.27. The maximum absolute atomic E-state index is 12.2. The number of ether oxygens (including phenoxy) is 1. The standard InChI is InChI=1S/C24H35N3O2/c1-4-6-8-14-23(28)29-22(5-2)19(3)17-21(20-12-9-7-10-13-20)18-27-24-25-15-11-16-26-24/h7,9-13,15-16,19,21-22H,4-6,8,14,17-18H2,1-3H3,(H,25,26,27). The summed E-state index contributed by atoms with van der Waals surface area (Å²) in [6.45, 7) is 7.15. The van der Waals surface area contributed by atoms with Crippen molar-refractivity contribution < 1.29 is 9.53 Å². The van der Waals surface area contributed by atoms with E-state index < -0.39 is 0 Å². The van der Waals surface area contributed by atoms with Crippen LogP contribution in [0, 0.1) is 5.92 Å². The summed E-state index contributed by atoms with van der Waals surface area (Å²) < 4.78 is 5.82. The van der Waals surface area contributed by atoms with E-state index in [-0.39, 0.29) is 23.9 Å². The van der Waals surface area contributed by atoms with Crippen molar-refractivity contribution >= 4 is 11.9 Å². The van der Waals surface area contributed by atoms with Crippen LogP contribution < -0.4 is 5.32 Å². The molecule has 0 bridgehead atoms. The van der Waals surface area contributed by atoms with E-state index in [1.54, 1.807) is 12.4 Å². The molecule has 5 heteroatoms. The second-order valence-electron chi connectivity index (χ2n) is 7.67. The second kappa shape index (κ2) is 12.9. The van der Waals surface area contributed by atoms with Gasteiger partial charge in [0.2, 0.25) is 5.95 Å². The van der Waals surface area contributed by atoms with Crippen molar-refractivity contribution in [1.82, 2.24) is 9.97 Å². The Labute approximate surface area is 175 Å². The molecule has 158 valence electrons. The molecule has 0 spiro atoms. The number of aromatic nitrogens is 2. The Hall–Kier alpha value is -2.43. The van der Waals surface area contributed by atoms with Crippen LogP contribution >= 0.6 is 0 Å². The number of nitrogens with zero attached hydrogens (tertiary/aromatic N) is 2. The zero-order valence-electron chi connectivity index (χ0n) is 18.0. The van der Waals surface area contributed by atoms with Crippen LogP contribution in [0.1, 0.15) is 70.8 Å². The molecule has 3 atom stereocenters. The molecule has 0 amide bonds. The van der Waals surface area contributed by atoms with E-state index in [1.807, 2.05) is 12.1 Å². The summed E-state index contributed by atoms with van der Waals surface area (Å²) in [5.74, 6) is 1.11. The predicted octanol–water partition coefficient (Wildman–Crippen LogP) is 5.60. The SMILES string of the molecule is CCCCCC(=O)OC(CC)C(C)CC(CNc1ncccn1)c1ccccc1. The third-order valence-corrected chi connectivity index (χ3v) is 5.30. The zero-order valence-corrected chi connectivity index (χ0v) is 18.0. The first-order valence-corrected chi connectivity index (χ1v) is 10.9. The number of esters is 1. The number of anilines is 1. The maximum Gasteiger partial charge on any atom is 0.306 e. The van der Waals surface area contributed by atoms with E-state index in [0.717, 1.165) is 38.6 Å². The Kier molecular flexibility index (Phi) is 10.2. The molecule has 2 aromatic rings. The van der Waals surface area contributed by atoms with Crippen molar-refractivity contribution in [3.8, 4) is 0 Å². The molecule has 0 saturated carbocycles. The largest absolute Gasteiger partial charge is 0.462 e. The number of benzene rings is 1. The van der Waals surface area contributed by atoms with Crippen molar-refractivity contribution in [3.05, 3.63) is 54.4 Å². The molecule has 29 heavy (non-hydrogen) atoms. The van der Waals surface area contributed by atoms with Gasteiger partial charge in [-0.3, -0.25) is 4.79 Å². The number of hydrogen-bond donors (Lipinski definition) is 1. The van der Waals surface area contributed by atoms with E-state index >= 15 is 0 Å². The first-order chi connectivity index (χ1) is 14.1. The molecule has 1 heterocycles. The van der Waals surface area contributed by atoms with E-state index in [2.05, 4.69) is 60.3 Å². The van der Waals surface area contributed by atoms with Gasteiger partial charge in [-0.1, -0.05) is 63.9 Å². The number of nitrogens with one attached hydrogen (secondary N) is 1. The van der Waals surface area contributed by atoms with Crippen LogP contribution in [0.5, 0.6) is 0 Å². The van der Waals surface area contributed by atoms with Gasteiger partial charge in [-0.25, -0.2) is 9.97 Å². The van der Waals surface area contributed by atoms with Gasteiger partial charge in [-0.15, -0.1) is 0 Å². The lowest BCUT2D eigenvalue weighted by Gasteiger charge is -2.27. The topological polar surface area (TPSA) is 64.1 Å². The highest BCUT2D eigenvalue weighted by Crippen LogP contribution is 2.28. The number of hydrogen-bond acceptors (Lipinski definition) is 5. The summed E-state index contributed by atoms with van der Waals surface area (Å²) in [6, 6.07) is 12.3. The van der Waals surface area contributed by atoms with Crippen LogP contribution in [0.3, 0.4) is 0 Å². The molecule has 0 aliphatic carbocycles. The van der Waals surface area contributed by atoms with Gasteiger partial charge < -0.3 is 10.1 Å². The number of carbonyl (C=O) groups is 1. The molecule has 2 rings (SSSR count). The van der Waals surface area contributed by atoms with Crippen LogP contribution in [0.4, 0.5) is 5.95 Å². The first kappa shape index (κ1) is 22.9. The quantitative estimate of drug-likeness (QED) is 0.352. The molecule has 0 aliphatic heterocycles. The lowest BCUT2D eigenvalue weighted by atomic mass is 9.86. The molecule has 5 nitrogen and oxygen atoms in total. The Balaban J connectivity index is 1.99. The molecule has 0 radical (unpaired) electrons. The van der Waals surface area contributed by atoms with Crippen LogP contribution in [0.15, 0.2) is 48.8 Å². The van der Waals surface area contributed by atoms with Gasteiger partial charge in [0.05, 0.1) is 0 Å². The fraction of sp³-hybridized carbons (Fsp3) is 0.542. The third kappa shape index (κ3) is 8.22. The van der Waals surface area contributed by atoms with Crippen molar-refractivity contribution in [2.75, 3.05) is 11.9 Å². The smallest absolute Gasteiger partial charge is 0.306 e. The summed E-state index contributed by atoms with van der Waals surface area (Å²) in [4.78, 5) is 20.7. The average molecular weight is 398 g/mol. The number of carbonyl (C=O) groups excluding carboxylic acids is 1. The summed E-state index contributed by atoms with van der Waals surface area (Å²) >= 11 is 0. The molecule has 0 aliphatic rings. The minimum Gasteiger partial charge on any atom is -0.462 e. The normalized spacial score (nSPS) is 14.0. The third-order valence-electron chi connectivity index (χ3n) is 5.30. The van der Waals surface area contributed by atoms with Gasteiger partial charge in [0.1, 0.15) is 6.10 Å². The highest BCUT2D eigenvalue weighted by atomic mass is 16.5. The lowest BCUT2D eigenvalue weighted by molar-refractivity contribution is -0.152. The summed E-state index contributed by atoms with van der Waals surface area (Å²) in [5, 5.41) is 3.35. The van der Waals surface area contributed by atoms with Crippen molar-refractivity contribution in [2.24, 2.45) is 5.92 Å². The molecule has 0 saturated heterocycles. The summed E-state index contributed by atoms with van der Waals surface area (Å²) in [5.41, 5.74) is 1.27. The van der Waals surface area contributed by atoms with Crippen LogP contribution in [0.2, 0.25) is 0 Å². The van der Waals surface area contributed by atoms with Gasteiger partial charge in [0.25, 0.3) is 0 Å². The van der Waals surface area contributed by atoms with Gasteiger partial charge >= 0.3 is 5.97 Å². The molecule has 3 unspecified atom stereocenters. The van der Waals surface area contributed by atoms with Gasteiger partial charge in [0, 0.05) is 31.3 Å². The van der Waals surface area contributed by atoms with Crippen molar-refractivity contribution in [3.63, 3.8) is 0 Å². The molecular formula is C24H35N3O2. The summed E-state index contributed by atoms with van der Waals surface area (Å²) in [7, 11) is 0. The van der Waals surface area contributed by atoms with E-state index in [0.29, 0.717) is 12.4 Å². The Morgan fingerprint density at radius 3 is 2.45 bits per heavy atom. The Bertz CT molecular complexity index is 694. The Morgan fingerprint density at radius 2 is 1.79 bits per heavy atom. The minimum atomic E-state index is -0.0655. The van der Waals surface area contributed by atoms with Crippen LogP contribution in [-0.4, -0.2) is 28.6 Å². The minimum absolute atomic E-state index is 0.0525. The number of rotatable bonds is 13. The molecule has 0 fully saturated rings. The molecule has 1 N–H and O–H groups in total. The Morgan fingerprint density at radius 1 is 1.07 bits per heavy atom. The zero-order chi connectivity index (χ0) is 20.9. The fourth-order valence-electron chi connectivity index (χ4n) is 3.62. The van der Waals surface area contributed by atoms with Gasteiger partial charge in [-0.05, 0) is 36.8 Å². The van der Waals surface area contributed by atoms with Gasteiger partial charge in [0.15, 0.2) is 0 Å². The first-order valence-electron chi connectivity index (χ1n) is 10.9. The summed E-state index contributed by atoms with van der Waals surface area (Å²) in [6.07, 6.45) is 8.79. The maximum atomic E-state index is 12.2. The van der Waals surface area contributed by atoms with Gasteiger partial charge in [-0.2, -0.15) is 0 Å². The fourth-order valence-corrected chi connectivity index (χ4v) is 3.62. The molecular weight excluding hydrogens is 362 g/mol. The van der Waals surface area contributed by atoms with Crippen LogP contribution in [0.25, 0.3) is 0 Å². The highest BCUT2D eigenvalue weighted by Gasteiger charge is 2.24. The average Bonchev–Trinajstić information content (AvgIpc) is 2.76. The predicted molar refractivity (Wildman–Crippen MR) is 118 cm³/mol. The molecule has 1 aromatic carbocycles. The van der Waals surface area contributed by atoms with Crippen LogP contribution in [-0.2, 0) is 9.53 Å². The number of unbranched alkanes of at least 4 members (excludes halogenated alkanes) is 2. The van der Waals surface area contributed by atoms with E-state index in [4.69, 9.17) is 4.74 Å². The second-order valence-corrected chi connectivity index (χ2v) is 7.67. The van der Waals surface area contributed by atoms with E-state index in [9.17, 15) is 4.79 Å². The molecule has 1 aromatic heterocycles. The van der Waals surface area contributed by atoms with E-state index in [1.165, 1.54) is 5.56 Å². The highest BCUT2D eigenvalue weighted by molar-refractivity contribution is 5.69. The van der Waals surface area contributed by atoms with Crippen molar-refractivity contribution in [2.45, 2.75) is 71.3 Å². The van der Waals surface area contributed by atoms with Crippen molar-refractivity contribution in [1.29, 1.82) is 0 Å².